The SMILES string of the molecule is C=C1C[C@@H](C2OCCN2C(=O)OCC2c3ccccc3-c3ccccc32)N(C(=O)c2cc(C)c(OCCCCCOc3cc(NC(=O)OCC(C)SSc4ccccn4)c(C(=O)O)cc3OC)cc2N)C1. The highest BCUT2D eigenvalue weighted by Gasteiger charge is 2.45. The molecule has 3 heterocycles. The van der Waals surface area contributed by atoms with Crippen LogP contribution in [0.15, 0.2) is 114 Å². The van der Waals surface area contributed by atoms with Crippen LogP contribution in [0.25, 0.3) is 11.1 Å². The van der Waals surface area contributed by atoms with E-state index in [1.807, 2.05) is 56.3 Å². The third-order valence-electron chi connectivity index (χ3n) is 12.4. The van der Waals surface area contributed by atoms with Crippen LogP contribution in [0.3, 0.4) is 0 Å². The van der Waals surface area contributed by atoms with Gasteiger partial charge in [0.15, 0.2) is 17.7 Å². The van der Waals surface area contributed by atoms with E-state index in [0.717, 1.165) is 44.8 Å². The van der Waals surface area contributed by atoms with Crippen molar-refractivity contribution in [3.63, 3.8) is 0 Å². The molecule has 2 aliphatic heterocycles. The van der Waals surface area contributed by atoms with Crippen LogP contribution >= 0.6 is 21.6 Å². The summed E-state index contributed by atoms with van der Waals surface area (Å²) in [5, 5.41) is 13.2. The number of aromatic nitrogens is 1. The third-order valence-corrected chi connectivity index (χ3v) is 15.2. The van der Waals surface area contributed by atoms with Gasteiger partial charge >= 0.3 is 18.2 Å². The molecule has 2 unspecified atom stereocenters. The van der Waals surface area contributed by atoms with Crippen LogP contribution < -0.4 is 25.3 Å². The summed E-state index contributed by atoms with van der Waals surface area (Å²) in [5.41, 5.74) is 13.0. The predicted molar refractivity (Wildman–Crippen MR) is 273 cm³/mol. The number of rotatable bonds is 20. The van der Waals surface area contributed by atoms with Gasteiger partial charge in [0, 0.05) is 47.8 Å². The fourth-order valence-corrected chi connectivity index (χ4v) is 10.8. The van der Waals surface area contributed by atoms with Crippen LogP contribution in [0.2, 0.25) is 0 Å². The van der Waals surface area contributed by atoms with Crippen molar-refractivity contribution in [3.8, 4) is 28.4 Å². The Morgan fingerprint density at radius 3 is 2.28 bits per heavy atom. The highest BCUT2D eigenvalue weighted by Crippen LogP contribution is 2.45. The molecule has 2 fully saturated rings. The maximum absolute atomic E-state index is 14.3. The lowest BCUT2D eigenvalue weighted by molar-refractivity contribution is -0.0211. The number of fused-ring (bicyclic) bond motifs is 3. The van der Waals surface area contributed by atoms with E-state index in [2.05, 4.69) is 41.1 Å². The first-order valence-electron chi connectivity index (χ1n) is 23.4. The Kier molecular flexibility index (Phi) is 16.6. The number of nitrogen functional groups attached to an aromatic ring is 1. The van der Waals surface area contributed by atoms with Crippen LogP contribution in [0.4, 0.5) is 21.0 Å². The molecule has 0 saturated carbocycles. The molecule has 0 bridgehead atoms. The van der Waals surface area contributed by atoms with Crippen molar-refractivity contribution in [1.82, 2.24) is 14.8 Å². The molecule has 71 heavy (non-hydrogen) atoms. The lowest BCUT2D eigenvalue weighted by Gasteiger charge is -2.33. The monoisotopic (exact) mass is 1000 g/mol. The zero-order valence-electron chi connectivity index (χ0n) is 39.8. The van der Waals surface area contributed by atoms with Crippen molar-refractivity contribution in [1.29, 1.82) is 0 Å². The van der Waals surface area contributed by atoms with Crippen LogP contribution in [0.5, 0.6) is 17.2 Å². The smallest absolute Gasteiger partial charge is 0.412 e. The number of carbonyl (C=O) groups excluding carboxylic acids is 3. The molecule has 8 rings (SSSR count). The summed E-state index contributed by atoms with van der Waals surface area (Å²) in [4.78, 5) is 60.4. The lowest BCUT2D eigenvalue weighted by Crippen LogP contribution is -2.51. The number of anilines is 2. The molecule has 1 aliphatic carbocycles. The molecule has 5 aromatic rings. The molecule has 4 N–H and O–H groups in total. The van der Waals surface area contributed by atoms with Gasteiger partial charge in [-0.25, -0.2) is 19.4 Å². The molecule has 4 aromatic carbocycles. The van der Waals surface area contributed by atoms with Gasteiger partial charge in [-0.2, -0.15) is 0 Å². The summed E-state index contributed by atoms with van der Waals surface area (Å²) in [5.74, 6) is -0.639. The fraction of sp³-hybridized carbons (Fsp3) is 0.340. The molecular weight excluding hydrogens is 947 g/mol. The van der Waals surface area contributed by atoms with Crippen LogP contribution in [-0.4, -0.2) is 115 Å². The maximum Gasteiger partial charge on any atom is 0.412 e. The zero-order chi connectivity index (χ0) is 50.0. The Balaban J connectivity index is 0.803. The number of aromatic carboxylic acids is 1. The molecule has 16 nitrogen and oxygen atoms in total. The number of ether oxygens (including phenoxy) is 6. The lowest BCUT2D eigenvalue weighted by atomic mass is 9.98. The highest BCUT2D eigenvalue weighted by molar-refractivity contribution is 8.76. The molecule has 3 amide bonds. The molecule has 2 saturated heterocycles. The van der Waals surface area contributed by atoms with Crippen molar-refractivity contribution >= 4 is 57.0 Å². The van der Waals surface area contributed by atoms with E-state index in [4.69, 9.17) is 34.2 Å². The number of aryl methyl sites for hydroxylation is 1. The van der Waals surface area contributed by atoms with Crippen LogP contribution in [0, 0.1) is 6.92 Å². The molecule has 372 valence electrons. The Labute approximate surface area is 420 Å². The molecule has 3 atom stereocenters. The second-order valence-corrected chi connectivity index (χ2v) is 20.1. The number of likely N-dealkylation sites (tertiary alicyclic amines) is 1. The number of benzene rings is 4. The molecular formula is C53H57N5O11S2. The van der Waals surface area contributed by atoms with Crippen molar-refractivity contribution in [2.75, 3.05) is 64.3 Å². The zero-order valence-corrected chi connectivity index (χ0v) is 41.4. The number of unbranched alkanes of at least 4 members (excludes halogenated alkanes) is 2. The van der Waals surface area contributed by atoms with E-state index >= 15 is 0 Å². The standard InChI is InChI=1S/C53H57N5O11S2/c1-32-24-44(50-57(20-23-67-50)53(63)69-31-41-37-16-8-6-14-35(37)36-15-7-9-17-38(36)41)58(29-32)49(59)39-25-33(2)45(27-42(39)54)65-21-12-5-13-22-66-47-28-43(40(51(60)61)26-46(47)64-4)56-52(62)68-30-34(3)70-71-48-18-10-11-19-55-48/h6-11,14-19,25-28,34,41,44,50H,1,5,12-13,20-24,29-31,54H2,2-4H3,(H,56,62)(H,60,61)/t34?,44-,50?/m0/s1. The summed E-state index contributed by atoms with van der Waals surface area (Å²) < 4.78 is 35.1. The van der Waals surface area contributed by atoms with Gasteiger partial charge in [0.2, 0.25) is 0 Å². The minimum absolute atomic E-state index is 0.00324. The second kappa shape index (κ2) is 23.3. The van der Waals surface area contributed by atoms with Gasteiger partial charge in [-0.15, -0.1) is 0 Å². The number of nitrogens with zero attached hydrogens (tertiary/aromatic N) is 3. The van der Waals surface area contributed by atoms with E-state index in [-0.39, 0.29) is 65.3 Å². The summed E-state index contributed by atoms with van der Waals surface area (Å²) in [6.07, 6.45) is 2.17. The van der Waals surface area contributed by atoms with Gasteiger partial charge in [0.05, 0.1) is 56.3 Å². The number of pyridine rings is 1. The van der Waals surface area contributed by atoms with E-state index in [1.54, 1.807) is 28.1 Å². The highest BCUT2D eigenvalue weighted by atomic mass is 33.1. The number of nitrogens with one attached hydrogen (secondary N) is 1. The molecule has 0 spiro atoms. The summed E-state index contributed by atoms with van der Waals surface area (Å²) in [6.45, 7) is 9.79. The van der Waals surface area contributed by atoms with Crippen LogP contribution in [-0.2, 0) is 14.2 Å². The van der Waals surface area contributed by atoms with E-state index < -0.39 is 30.4 Å². The first-order valence-corrected chi connectivity index (χ1v) is 25.6. The normalized spacial score (nSPS) is 16.5. The summed E-state index contributed by atoms with van der Waals surface area (Å²) in [7, 11) is 4.37. The number of hydrogen-bond acceptors (Lipinski definition) is 14. The van der Waals surface area contributed by atoms with Gasteiger partial charge in [-0.05, 0) is 96.3 Å². The largest absolute Gasteiger partial charge is 0.493 e. The van der Waals surface area contributed by atoms with Gasteiger partial charge < -0.3 is 44.2 Å². The average Bonchev–Trinajstić information content (AvgIpc) is 4.11. The molecule has 0 radical (unpaired) electrons. The van der Waals surface area contributed by atoms with E-state index in [9.17, 15) is 24.3 Å². The predicted octanol–water partition coefficient (Wildman–Crippen LogP) is 10.1. The van der Waals surface area contributed by atoms with Crippen LogP contribution in [0.1, 0.15) is 75.9 Å². The quantitative estimate of drug-likeness (QED) is 0.0288. The second-order valence-electron chi connectivity index (χ2n) is 17.4. The van der Waals surface area contributed by atoms with Gasteiger partial charge in [0.25, 0.3) is 5.91 Å². The average molecular weight is 1000 g/mol. The summed E-state index contributed by atoms with van der Waals surface area (Å²) >= 11 is 0. The number of nitrogens with two attached hydrogens (primary N) is 1. The fourth-order valence-electron chi connectivity index (χ4n) is 8.94. The minimum Gasteiger partial charge on any atom is -0.493 e. The van der Waals surface area contributed by atoms with Crippen molar-refractivity contribution in [2.45, 2.75) is 68.0 Å². The number of hydrogen-bond donors (Lipinski definition) is 3. The van der Waals surface area contributed by atoms with Crippen molar-refractivity contribution < 1.29 is 52.7 Å². The van der Waals surface area contributed by atoms with Gasteiger partial charge in [0.1, 0.15) is 24.0 Å². The summed E-state index contributed by atoms with van der Waals surface area (Å²) in [6, 6.07) is 27.6. The first kappa shape index (κ1) is 50.5. The Bertz CT molecular complexity index is 2720. The van der Waals surface area contributed by atoms with Gasteiger partial charge in [-0.1, -0.05) is 77.5 Å². The van der Waals surface area contributed by atoms with E-state index in [1.165, 1.54) is 40.8 Å². The topological polar surface area (TPSA) is 201 Å². The number of carboxylic acids is 1. The third kappa shape index (κ3) is 12.0. The van der Waals surface area contributed by atoms with Gasteiger partial charge in [-0.3, -0.25) is 15.0 Å². The first-order chi connectivity index (χ1) is 34.4. The maximum atomic E-state index is 14.3. The number of carboxylic acid groups (broad SMARTS) is 1. The van der Waals surface area contributed by atoms with Crippen molar-refractivity contribution in [2.24, 2.45) is 0 Å². The number of methoxy groups -OCH3 is 1. The molecule has 18 heteroatoms. The molecule has 3 aliphatic rings. The Morgan fingerprint density at radius 2 is 1.59 bits per heavy atom. The number of carbonyl (C=O) groups is 4. The number of amides is 3. The van der Waals surface area contributed by atoms with E-state index in [0.29, 0.717) is 56.9 Å². The van der Waals surface area contributed by atoms with Crippen molar-refractivity contribution in [3.05, 3.63) is 137 Å². The molecule has 1 aromatic heterocycles. The minimum atomic E-state index is -1.26. The Hall–Kier alpha value is -6.89. The Morgan fingerprint density at radius 1 is 0.887 bits per heavy atom.